The molecule has 2 aromatic heterocycles. The van der Waals surface area contributed by atoms with E-state index in [1.165, 1.54) is 0 Å². The molecule has 1 saturated carbocycles. The van der Waals surface area contributed by atoms with Crippen LogP contribution in [-0.4, -0.2) is 52.5 Å². The highest BCUT2D eigenvalue weighted by Crippen LogP contribution is 2.28. The first-order chi connectivity index (χ1) is 16.2. The van der Waals surface area contributed by atoms with E-state index in [0.29, 0.717) is 31.1 Å². The zero-order valence-electron chi connectivity index (χ0n) is 19.2. The zero-order chi connectivity index (χ0) is 23.0. The first-order valence-corrected chi connectivity index (χ1v) is 11.4. The lowest BCUT2D eigenvalue weighted by molar-refractivity contribution is 0.170. The summed E-state index contributed by atoms with van der Waals surface area (Å²) in [6.45, 7) is 1.68. The van der Waals surface area contributed by atoms with Crippen molar-refractivity contribution in [3.63, 3.8) is 0 Å². The Labute approximate surface area is 194 Å². The summed E-state index contributed by atoms with van der Waals surface area (Å²) in [5.41, 5.74) is 2.90. The van der Waals surface area contributed by atoms with Crippen LogP contribution in [0.3, 0.4) is 0 Å². The smallest absolute Gasteiger partial charge is 0.317 e. The Morgan fingerprint density at radius 2 is 1.85 bits per heavy atom. The van der Waals surface area contributed by atoms with Crippen LogP contribution in [0, 0.1) is 0 Å². The average molecular weight is 450 g/mol. The minimum absolute atomic E-state index is 0.0433. The number of hydrogen-bond acceptors (Lipinski definition) is 5. The monoisotopic (exact) mass is 449 g/mol. The van der Waals surface area contributed by atoms with Crippen molar-refractivity contribution in [1.82, 2.24) is 25.0 Å². The van der Waals surface area contributed by atoms with Gasteiger partial charge in [0.15, 0.2) is 11.5 Å². The van der Waals surface area contributed by atoms with Gasteiger partial charge in [0.25, 0.3) is 0 Å². The first-order valence-electron chi connectivity index (χ1n) is 11.4. The zero-order valence-corrected chi connectivity index (χ0v) is 19.2. The van der Waals surface area contributed by atoms with Gasteiger partial charge in [-0.05, 0) is 48.7 Å². The van der Waals surface area contributed by atoms with E-state index in [0.717, 1.165) is 42.5 Å². The van der Waals surface area contributed by atoms with Crippen LogP contribution in [0.4, 0.5) is 4.79 Å². The molecule has 0 spiro atoms. The van der Waals surface area contributed by atoms with Crippen molar-refractivity contribution in [2.45, 2.75) is 44.8 Å². The molecule has 0 radical (unpaired) electrons. The van der Waals surface area contributed by atoms with Crippen LogP contribution in [0.1, 0.15) is 31.2 Å². The molecular weight excluding hydrogens is 418 g/mol. The summed E-state index contributed by atoms with van der Waals surface area (Å²) in [5.74, 6) is 1.33. The number of urea groups is 1. The van der Waals surface area contributed by atoms with Gasteiger partial charge < -0.3 is 19.7 Å². The SMILES string of the molecule is COc1ccc(CNC(=O)N(CCn2ccc(-c3ccncc3)n2)C2CCCC2)cc1OC. The molecule has 0 unspecified atom stereocenters. The van der Waals surface area contributed by atoms with Crippen molar-refractivity contribution in [2.75, 3.05) is 20.8 Å². The molecule has 0 bridgehead atoms. The van der Waals surface area contributed by atoms with E-state index in [1.807, 2.05) is 52.2 Å². The van der Waals surface area contributed by atoms with Crippen molar-refractivity contribution < 1.29 is 14.3 Å². The van der Waals surface area contributed by atoms with Crippen molar-refractivity contribution in [1.29, 1.82) is 0 Å². The fourth-order valence-corrected chi connectivity index (χ4v) is 4.31. The van der Waals surface area contributed by atoms with Crippen molar-refractivity contribution in [3.05, 3.63) is 60.6 Å². The predicted molar refractivity (Wildman–Crippen MR) is 126 cm³/mol. The quantitative estimate of drug-likeness (QED) is 0.532. The van der Waals surface area contributed by atoms with Gasteiger partial charge in [0.2, 0.25) is 0 Å². The number of pyridine rings is 1. The van der Waals surface area contributed by atoms with E-state index < -0.39 is 0 Å². The fraction of sp³-hybridized carbons (Fsp3) is 0.400. The summed E-state index contributed by atoms with van der Waals surface area (Å²) in [5, 5.41) is 7.76. The van der Waals surface area contributed by atoms with Crippen LogP contribution in [0.25, 0.3) is 11.3 Å². The number of methoxy groups -OCH3 is 2. The van der Waals surface area contributed by atoms with Gasteiger partial charge in [-0.25, -0.2) is 4.79 Å². The number of carbonyl (C=O) groups is 1. The minimum atomic E-state index is -0.0433. The van der Waals surface area contributed by atoms with Gasteiger partial charge in [-0.1, -0.05) is 18.9 Å². The summed E-state index contributed by atoms with van der Waals surface area (Å²) in [4.78, 5) is 19.2. The van der Waals surface area contributed by atoms with Crippen LogP contribution in [0.5, 0.6) is 11.5 Å². The lowest BCUT2D eigenvalue weighted by Crippen LogP contribution is -2.46. The molecule has 1 aliphatic rings. The summed E-state index contributed by atoms with van der Waals surface area (Å²) in [6, 6.07) is 11.8. The standard InChI is InChI=1S/C25H31N5O3/c1-32-23-8-7-19(17-24(23)33-2)18-27-25(31)30(21-5-3-4-6-21)16-15-29-14-11-22(28-29)20-9-12-26-13-10-20/h7-14,17,21H,3-6,15-16,18H2,1-2H3,(H,27,31). The second kappa shape index (κ2) is 10.8. The number of aromatic nitrogens is 3. The molecule has 33 heavy (non-hydrogen) atoms. The molecule has 1 aliphatic carbocycles. The Kier molecular flexibility index (Phi) is 7.44. The van der Waals surface area contributed by atoms with Crippen molar-refractivity contribution >= 4 is 6.03 Å². The minimum Gasteiger partial charge on any atom is -0.493 e. The van der Waals surface area contributed by atoms with Crippen LogP contribution in [0.2, 0.25) is 0 Å². The van der Waals surface area contributed by atoms with Crippen molar-refractivity contribution in [2.24, 2.45) is 0 Å². The highest BCUT2D eigenvalue weighted by molar-refractivity contribution is 5.74. The van der Waals surface area contributed by atoms with E-state index in [-0.39, 0.29) is 12.1 Å². The number of carbonyl (C=O) groups excluding carboxylic acids is 1. The largest absolute Gasteiger partial charge is 0.493 e. The molecule has 0 atom stereocenters. The number of hydrogen-bond donors (Lipinski definition) is 1. The summed E-state index contributed by atoms with van der Waals surface area (Å²) < 4.78 is 12.6. The van der Waals surface area contributed by atoms with E-state index in [2.05, 4.69) is 15.4 Å². The molecule has 1 aromatic carbocycles. The van der Waals surface area contributed by atoms with Crippen LogP contribution < -0.4 is 14.8 Å². The van der Waals surface area contributed by atoms with Crippen LogP contribution in [-0.2, 0) is 13.1 Å². The third kappa shape index (κ3) is 5.63. The number of benzene rings is 1. The highest BCUT2D eigenvalue weighted by atomic mass is 16.5. The molecule has 0 saturated heterocycles. The molecule has 1 N–H and O–H groups in total. The normalized spacial score (nSPS) is 13.6. The maximum atomic E-state index is 13.2. The molecule has 0 aliphatic heterocycles. The number of nitrogens with zero attached hydrogens (tertiary/aromatic N) is 4. The first kappa shape index (κ1) is 22.6. The highest BCUT2D eigenvalue weighted by Gasteiger charge is 2.26. The molecule has 4 rings (SSSR count). The van der Waals surface area contributed by atoms with Gasteiger partial charge in [0, 0.05) is 43.3 Å². The third-order valence-corrected chi connectivity index (χ3v) is 6.10. The lowest BCUT2D eigenvalue weighted by Gasteiger charge is -2.29. The maximum Gasteiger partial charge on any atom is 0.317 e. The second-order valence-corrected chi connectivity index (χ2v) is 8.18. The summed E-state index contributed by atoms with van der Waals surface area (Å²) in [7, 11) is 3.22. The van der Waals surface area contributed by atoms with Gasteiger partial charge >= 0.3 is 6.03 Å². The Bertz CT molecular complexity index is 1050. The molecule has 3 aromatic rings. The van der Waals surface area contributed by atoms with E-state index in [1.54, 1.807) is 26.6 Å². The van der Waals surface area contributed by atoms with E-state index >= 15 is 0 Å². The molecule has 2 amide bonds. The second-order valence-electron chi connectivity index (χ2n) is 8.18. The van der Waals surface area contributed by atoms with Gasteiger partial charge in [-0.2, -0.15) is 5.10 Å². The maximum absolute atomic E-state index is 13.2. The molecule has 8 nitrogen and oxygen atoms in total. The Hall–Kier alpha value is -3.55. The average Bonchev–Trinajstić information content (AvgIpc) is 3.56. The Morgan fingerprint density at radius 1 is 1.09 bits per heavy atom. The number of rotatable bonds is 9. The lowest BCUT2D eigenvalue weighted by atomic mass is 10.2. The molecule has 2 heterocycles. The van der Waals surface area contributed by atoms with Crippen LogP contribution >= 0.6 is 0 Å². The predicted octanol–water partition coefficient (Wildman–Crippen LogP) is 4.12. The van der Waals surface area contributed by atoms with Gasteiger partial charge in [0.05, 0.1) is 26.5 Å². The van der Waals surface area contributed by atoms with Crippen molar-refractivity contribution in [3.8, 4) is 22.8 Å². The molecular formula is C25H31N5O3. The Balaban J connectivity index is 1.39. The summed E-state index contributed by atoms with van der Waals surface area (Å²) >= 11 is 0. The number of ether oxygens (including phenoxy) is 2. The molecule has 8 heteroatoms. The molecule has 1 fully saturated rings. The Morgan fingerprint density at radius 3 is 2.58 bits per heavy atom. The number of amides is 2. The summed E-state index contributed by atoms with van der Waals surface area (Å²) in [6.07, 6.45) is 9.91. The van der Waals surface area contributed by atoms with E-state index in [4.69, 9.17) is 9.47 Å². The van der Waals surface area contributed by atoms with Gasteiger partial charge in [-0.3, -0.25) is 9.67 Å². The third-order valence-electron chi connectivity index (χ3n) is 6.10. The van der Waals surface area contributed by atoms with Gasteiger partial charge in [0.1, 0.15) is 0 Å². The van der Waals surface area contributed by atoms with Crippen LogP contribution in [0.15, 0.2) is 55.0 Å². The van der Waals surface area contributed by atoms with E-state index in [9.17, 15) is 4.79 Å². The topological polar surface area (TPSA) is 81.5 Å². The van der Waals surface area contributed by atoms with Gasteiger partial charge in [-0.15, -0.1) is 0 Å². The molecule has 174 valence electrons. The number of nitrogens with one attached hydrogen (secondary N) is 1. The fourth-order valence-electron chi connectivity index (χ4n) is 4.31.